The molecule has 8 heteroatoms. The lowest BCUT2D eigenvalue weighted by atomic mass is 9.90. The molecule has 1 aliphatic rings. The molecule has 1 saturated heterocycles. The quantitative estimate of drug-likeness (QED) is 0.585. The van der Waals surface area contributed by atoms with Crippen molar-refractivity contribution >= 4 is 22.5 Å². The summed E-state index contributed by atoms with van der Waals surface area (Å²) in [6.07, 6.45) is 6.51. The second kappa shape index (κ2) is 9.50. The molecule has 0 bridgehead atoms. The van der Waals surface area contributed by atoms with Crippen LogP contribution < -0.4 is 15.4 Å². The van der Waals surface area contributed by atoms with E-state index in [9.17, 15) is 9.90 Å². The van der Waals surface area contributed by atoms with Gasteiger partial charge in [-0.3, -0.25) is 14.8 Å². The third-order valence-electron chi connectivity index (χ3n) is 5.92. The predicted octanol–water partition coefficient (Wildman–Crippen LogP) is 2.07. The fraction of sp³-hybridized carbons (Fsp3) is 0.375. The van der Waals surface area contributed by atoms with E-state index in [2.05, 4.69) is 14.9 Å². The first-order valence-electron chi connectivity index (χ1n) is 10.8. The second-order valence-corrected chi connectivity index (χ2v) is 8.26. The van der Waals surface area contributed by atoms with E-state index in [0.717, 1.165) is 16.6 Å². The van der Waals surface area contributed by atoms with Crippen molar-refractivity contribution in [1.29, 1.82) is 0 Å². The highest BCUT2D eigenvalue weighted by molar-refractivity contribution is 5.94. The number of rotatable bonds is 7. The van der Waals surface area contributed by atoms with Crippen molar-refractivity contribution in [1.82, 2.24) is 14.9 Å². The summed E-state index contributed by atoms with van der Waals surface area (Å²) in [5, 5.41) is 12.2. The van der Waals surface area contributed by atoms with Gasteiger partial charge in [-0.2, -0.15) is 0 Å². The molecule has 0 unspecified atom stereocenters. The Labute approximate surface area is 187 Å². The molecule has 4 rings (SSSR count). The van der Waals surface area contributed by atoms with Gasteiger partial charge in [-0.15, -0.1) is 0 Å². The molecule has 0 spiro atoms. The maximum absolute atomic E-state index is 12.8. The van der Waals surface area contributed by atoms with Gasteiger partial charge in [0.25, 0.3) is 5.91 Å². The zero-order valence-corrected chi connectivity index (χ0v) is 18.3. The topological polar surface area (TPSA) is 105 Å². The van der Waals surface area contributed by atoms with Crippen molar-refractivity contribution in [2.45, 2.75) is 18.4 Å². The number of anilines is 1. The number of nitrogens with zero attached hydrogens (tertiary/aromatic N) is 4. The number of ether oxygens (including phenoxy) is 1. The van der Waals surface area contributed by atoms with Gasteiger partial charge in [0.15, 0.2) is 0 Å². The fourth-order valence-corrected chi connectivity index (χ4v) is 4.18. The molecule has 0 saturated carbocycles. The Morgan fingerprint density at radius 1 is 1.19 bits per heavy atom. The molecule has 1 aliphatic heterocycles. The first kappa shape index (κ1) is 22.0. The minimum Gasteiger partial charge on any atom is -0.492 e. The number of pyridine rings is 2. The standard InChI is InChI=1S/C24H29N5O3/c1-28(23(30)18-2-4-19(5-3-18)32-15-10-25)17-24(31)8-13-29(14-9-24)22-7-12-27-21-6-11-26-16-20(21)22/h2-7,11-12,16,31H,8-10,13-15,17,25H2,1H3. The molecule has 3 aromatic rings. The summed E-state index contributed by atoms with van der Waals surface area (Å²) < 4.78 is 5.46. The lowest BCUT2D eigenvalue weighted by Crippen LogP contribution is -2.51. The lowest BCUT2D eigenvalue weighted by Gasteiger charge is -2.41. The van der Waals surface area contributed by atoms with E-state index in [0.29, 0.717) is 50.4 Å². The van der Waals surface area contributed by atoms with Crippen LogP contribution in [0.15, 0.2) is 55.0 Å². The van der Waals surface area contributed by atoms with Crippen LogP contribution in [0.25, 0.3) is 10.9 Å². The number of amides is 1. The average Bonchev–Trinajstić information content (AvgIpc) is 2.82. The van der Waals surface area contributed by atoms with Crippen molar-refractivity contribution in [2.75, 3.05) is 44.7 Å². The number of fused-ring (bicyclic) bond motifs is 1. The number of piperidine rings is 1. The highest BCUT2D eigenvalue weighted by Gasteiger charge is 2.35. The third kappa shape index (κ3) is 4.81. The average molecular weight is 436 g/mol. The Morgan fingerprint density at radius 3 is 2.66 bits per heavy atom. The molecule has 3 heterocycles. The zero-order valence-electron chi connectivity index (χ0n) is 18.3. The van der Waals surface area contributed by atoms with E-state index in [-0.39, 0.29) is 12.5 Å². The maximum atomic E-state index is 12.8. The normalized spacial score (nSPS) is 15.5. The fourth-order valence-electron chi connectivity index (χ4n) is 4.18. The van der Waals surface area contributed by atoms with E-state index < -0.39 is 5.60 Å². The Kier molecular flexibility index (Phi) is 6.53. The van der Waals surface area contributed by atoms with Gasteiger partial charge in [-0.25, -0.2) is 0 Å². The summed E-state index contributed by atoms with van der Waals surface area (Å²) in [5.74, 6) is 0.553. The van der Waals surface area contributed by atoms with Crippen LogP contribution in [0.5, 0.6) is 5.75 Å². The molecule has 0 atom stereocenters. The molecule has 8 nitrogen and oxygen atoms in total. The minimum absolute atomic E-state index is 0.127. The Morgan fingerprint density at radius 2 is 1.94 bits per heavy atom. The molecule has 2 aromatic heterocycles. The number of nitrogens with two attached hydrogens (primary N) is 1. The summed E-state index contributed by atoms with van der Waals surface area (Å²) in [5.41, 5.74) is 7.06. The van der Waals surface area contributed by atoms with Crippen LogP contribution in [-0.2, 0) is 0 Å². The van der Waals surface area contributed by atoms with Crippen LogP contribution >= 0.6 is 0 Å². The molecule has 1 fully saturated rings. The molecule has 1 amide bonds. The molecular weight excluding hydrogens is 406 g/mol. The number of aliphatic hydroxyl groups is 1. The number of hydrogen-bond acceptors (Lipinski definition) is 7. The molecule has 1 aromatic carbocycles. The van der Waals surface area contributed by atoms with Crippen LogP contribution in [0.1, 0.15) is 23.2 Å². The van der Waals surface area contributed by atoms with E-state index >= 15 is 0 Å². The molecule has 0 aliphatic carbocycles. The van der Waals surface area contributed by atoms with Crippen LogP contribution in [-0.4, -0.2) is 71.3 Å². The highest BCUT2D eigenvalue weighted by atomic mass is 16.5. The predicted molar refractivity (Wildman–Crippen MR) is 124 cm³/mol. The maximum Gasteiger partial charge on any atom is 0.253 e. The highest BCUT2D eigenvalue weighted by Crippen LogP contribution is 2.31. The molecule has 3 N–H and O–H groups in total. The monoisotopic (exact) mass is 435 g/mol. The van der Waals surface area contributed by atoms with Gasteiger partial charge in [-0.05, 0) is 49.2 Å². The van der Waals surface area contributed by atoms with E-state index in [1.807, 2.05) is 18.3 Å². The van der Waals surface area contributed by atoms with Gasteiger partial charge >= 0.3 is 0 Å². The van der Waals surface area contributed by atoms with Crippen molar-refractivity contribution in [3.63, 3.8) is 0 Å². The Balaban J connectivity index is 1.37. The Bertz CT molecular complexity index is 1060. The van der Waals surface area contributed by atoms with Gasteiger partial charge < -0.3 is 25.4 Å². The summed E-state index contributed by atoms with van der Waals surface area (Å²) >= 11 is 0. The molecular formula is C24H29N5O3. The minimum atomic E-state index is -0.924. The summed E-state index contributed by atoms with van der Waals surface area (Å²) in [7, 11) is 1.73. The number of likely N-dealkylation sites (N-methyl/N-ethyl adjacent to an activating group) is 1. The Hall–Kier alpha value is -3.23. The van der Waals surface area contributed by atoms with Crippen LogP contribution in [0.3, 0.4) is 0 Å². The van der Waals surface area contributed by atoms with Crippen molar-refractivity contribution in [3.05, 3.63) is 60.6 Å². The summed E-state index contributed by atoms with van der Waals surface area (Å²) in [4.78, 5) is 25.3. The largest absolute Gasteiger partial charge is 0.492 e. The lowest BCUT2D eigenvalue weighted by molar-refractivity contribution is -0.00799. The first-order chi connectivity index (χ1) is 15.5. The van der Waals surface area contributed by atoms with E-state index in [1.165, 1.54) is 0 Å². The van der Waals surface area contributed by atoms with Crippen LogP contribution in [0, 0.1) is 0 Å². The first-order valence-corrected chi connectivity index (χ1v) is 10.8. The summed E-state index contributed by atoms with van der Waals surface area (Å²) in [6.45, 7) is 2.54. The summed E-state index contributed by atoms with van der Waals surface area (Å²) in [6, 6.07) is 10.9. The van der Waals surface area contributed by atoms with Gasteiger partial charge in [-0.1, -0.05) is 0 Å². The number of carbonyl (C=O) groups excluding carboxylic acids is 1. The van der Waals surface area contributed by atoms with Crippen molar-refractivity contribution in [2.24, 2.45) is 5.73 Å². The SMILES string of the molecule is CN(CC1(O)CCN(c2ccnc3ccncc23)CC1)C(=O)c1ccc(OCCN)cc1. The number of benzene rings is 1. The van der Waals surface area contributed by atoms with Crippen molar-refractivity contribution < 1.29 is 14.6 Å². The van der Waals surface area contributed by atoms with Crippen molar-refractivity contribution in [3.8, 4) is 5.75 Å². The second-order valence-electron chi connectivity index (χ2n) is 8.26. The van der Waals surface area contributed by atoms with Crippen LogP contribution in [0.2, 0.25) is 0 Å². The van der Waals surface area contributed by atoms with Gasteiger partial charge in [0.2, 0.25) is 0 Å². The smallest absolute Gasteiger partial charge is 0.253 e. The van der Waals surface area contributed by atoms with E-state index in [1.54, 1.807) is 48.6 Å². The number of hydrogen-bond donors (Lipinski definition) is 2. The van der Waals surface area contributed by atoms with Gasteiger partial charge in [0.05, 0.1) is 11.1 Å². The van der Waals surface area contributed by atoms with Gasteiger partial charge in [0, 0.05) is 68.5 Å². The molecule has 0 radical (unpaired) electrons. The number of aromatic nitrogens is 2. The third-order valence-corrected chi connectivity index (χ3v) is 5.92. The molecule has 32 heavy (non-hydrogen) atoms. The van der Waals surface area contributed by atoms with Crippen LogP contribution in [0.4, 0.5) is 5.69 Å². The zero-order chi connectivity index (χ0) is 22.6. The van der Waals surface area contributed by atoms with E-state index in [4.69, 9.17) is 10.5 Å². The number of carbonyl (C=O) groups is 1. The molecule has 168 valence electrons. The van der Waals surface area contributed by atoms with Gasteiger partial charge in [0.1, 0.15) is 12.4 Å².